The molecule has 7 aromatic carbocycles. The summed E-state index contributed by atoms with van der Waals surface area (Å²) >= 11 is 13.6. The molecule has 6 aliphatic rings. The molecule has 86 heavy (non-hydrogen) atoms. The number of phenols is 6. The lowest BCUT2D eigenvalue weighted by atomic mass is 9.89. The second-order valence-electron chi connectivity index (χ2n) is 20.3. The summed E-state index contributed by atoms with van der Waals surface area (Å²) in [6, 6.07) is 9.35. The van der Waals surface area contributed by atoms with E-state index in [1.165, 1.54) is 61.6 Å². The van der Waals surface area contributed by atoms with Crippen LogP contribution in [-0.4, -0.2) is 101 Å². The van der Waals surface area contributed by atoms with Gasteiger partial charge in [0.05, 0.1) is 10.0 Å². The topological polar surface area (TPSA) is 393 Å². The average molecular weight is 1210 g/mol. The van der Waals surface area contributed by atoms with Crippen LogP contribution in [-0.2, 0) is 40.0 Å². The molecule has 13 rings (SSSR count). The first-order chi connectivity index (χ1) is 41.0. The maximum Gasteiger partial charge on any atom is 0.330 e. The van der Waals surface area contributed by atoms with Crippen LogP contribution in [0.15, 0.2) is 115 Å². The number of carbonyl (C=O) groups excluding carboxylic acids is 6. The van der Waals surface area contributed by atoms with Crippen molar-refractivity contribution in [2.75, 3.05) is 7.05 Å². The molecule has 6 aliphatic heterocycles. The van der Waals surface area contributed by atoms with Gasteiger partial charge in [0.25, 0.3) is 0 Å². The molecular formula is C59H47Cl2N7O18. The van der Waals surface area contributed by atoms with E-state index < -0.39 is 163 Å². The van der Waals surface area contributed by atoms with Gasteiger partial charge in [0.1, 0.15) is 82.6 Å². The molecule has 0 aliphatic carbocycles. The number of ether oxygens (including phenoxy) is 3. The predicted octanol–water partition coefficient (Wildman–Crippen LogP) is 5.25. The van der Waals surface area contributed by atoms with Crippen molar-refractivity contribution >= 4 is 64.6 Å². The van der Waals surface area contributed by atoms with Crippen molar-refractivity contribution < 1.29 is 88.6 Å². The van der Waals surface area contributed by atoms with Gasteiger partial charge in [-0.25, -0.2) is 4.79 Å². The summed E-state index contributed by atoms with van der Waals surface area (Å²) in [6.07, 6.45) is -2.38. The Hall–Kier alpha value is -10.5. The Balaban J connectivity index is 1.14. The van der Waals surface area contributed by atoms with E-state index in [0.717, 1.165) is 60.7 Å². The Labute approximate surface area is 494 Å². The standard InChI is InChI=1S/C59H47Cl2N7O18/c1-62-45-24-5-10-36(71)40(15-24)85-29-20-32(44(61)38(73)21-29)48-57(80)65-47-26-16-41(84-28-7-2-22(3-8-28)12-34(53(76)66-48)63-54(45)77)52(75)42(17-26)86-39-11-6-25(14-33(39)60)51(74)50-58(81)67-49(59(82)83)31-18-27(69)19-37(72)43(31)30-13-23(4-9-35(30)70)46(55(78)68-50)64-56(47)79/h2-11,13-21,34,45-51,62,69-75H,12H2,1H3,(H,63,77)(H,64,79)(H,65,80)(H,66,76)(H,67,81)(H,68,78)(H,82,83). The number of amides is 6. The molecular weight excluding hydrogens is 1170 g/mol. The van der Waals surface area contributed by atoms with E-state index in [0.29, 0.717) is 5.56 Å². The van der Waals surface area contributed by atoms with Gasteiger partial charge in [-0.15, -0.1) is 0 Å². The second-order valence-corrected chi connectivity index (χ2v) is 21.1. The molecule has 25 nitrogen and oxygen atoms in total. The van der Waals surface area contributed by atoms with Gasteiger partial charge in [-0.05, 0) is 108 Å². The number of hydrogen-bond donors (Lipinski definition) is 15. The number of benzene rings is 7. The van der Waals surface area contributed by atoms with Crippen molar-refractivity contribution in [3.05, 3.63) is 164 Å². The van der Waals surface area contributed by atoms with E-state index in [2.05, 4.69) is 37.2 Å². The summed E-state index contributed by atoms with van der Waals surface area (Å²) in [5.41, 5.74) is -1.87. The van der Waals surface area contributed by atoms with Gasteiger partial charge in [0.15, 0.2) is 29.0 Å². The van der Waals surface area contributed by atoms with Gasteiger partial charge in [-0.3, -0.25) is 28.8 Å². The number of aliphatic carboxylic acids is 1. The van der Waals surface area contributed by atoms with Crippen LogP contribution in [0.4, 0.5) is 0 Å². The number of likely N-dealkylation sites (N-methyl/N-ethyl adjacent to an activating group) is 1. The number of nitrogens with one attached hydrogen (secondary N) is 7. The fourth-order valence-corrected chi connectivity index (χ4v) is 10.9. The SMILES string of the molecule is CNC1C(=O)NC2Cc3ccc(cc3)Oc3cc4cc(c3O)Oc3ccc(cc3Cl)C(O)C3NC(=O)C(NC(=O)C4NC(=O)C(NC2=O)c2cc(cc(O)c2Cl)Oc2cc1ccc2O)c1ccc(O)c(c1)-c1c(O)cc(O)cc1C(C(=O)O)NC3=O. The molecule has 7 aromatic rings. The molecule has 15 N–H and O–H groups in total. The first kappa shape index (κ1) is 57.4. The molecule has 8 unspecified atom stereocenters. The number of carbonyl (C=O) groups is 7. The molecule has 440 valence electrons. The molecule has 27 heteroatoms. The lowest BCUT2D eigenvalue weighted by Crippen LogP contribution is -2.55. The van der Waals surface area contributed by atoms with Crippen molar-refractivity contribution in [1.29, 1.82) is 0 Å². The smallest absolute Gasteiger partial charge is 0.330 e. The van der Waals surface area contributed by atoms with Crippen molar-refractivity contribution in [3.8, 4) is 80.1 Å². The summed E-state index contributed by atoms with van der Waals surface area (Å²) in [7, 11) is 1.46. The fraction of sp³-hybridized carbons (Fsp3) is 0.169. The van der Waals surface area contributed by atoms with Gasteiger partial charge in [-0.2, -0.15) is 0 Å². The van der Waals surface area contributed by atoms with Gasteiger partial charge in [0.2, 0.25) is 41.2 Å². The average Bonchev–Trinajstić information content (AvgIpc) is 2.35. The van der Waals surface area contributed by atoms with Gasteiger partial charge in [0, 0.05) is 40.8 Å². The van der Waals surface area contributed by atoms with Crippen LogP contribution in [0.1, 0.15) is 75.3 Å². The number of aromatic hydroxyl groups is 6. The number of carboxylic acid groups (broad SMARTS) is 1. The molecule has 0 radical (unpaired) electrons. The van der Waals surface area contributed by atoms with Crippen LogP contribution in [0, 0.1) is 0 Å². The summed E-state index contributed by atoms with van der Waals surface area (Å²) < 4.78 is 18.5. The molecule has 0 fully saturated rings. The van der Waals surface area contributed by atoms with Gasteiger partial charge in [-0.1, -0.05) is 53.5 Å². The zero-order valence-electron chi connectivity index (χ0n) is 44.2. The van der Waals surface area contributed by atoms with Crippen LogP contribution in [0.2, 0.25) is 10.0 Å². The highest BCUT2D eigenvalue weighted by molar-refractivity contribution is 6.33. The number of fused-ring (bicyclic) bond motifs is 14. The number of aliphatic hydroxyl groups excluding tert-OH is 1. The maximum absolute atomic E-state index is 15.7. The summed E-state index contributed by atoms with van der Waals surface area (Å²) in [6.45, 7) is 0. The third-order valence-corrected chi connectivity index (χ3v) is 15.4. The molecule has 6 heterocycles. The van der Waals surface area contributed by atoms with Crippen molar-refractivity contribution in [3.63, 3.8) is 0 Å². The van der Waals surface area contributed by atoms with Crippen LogP contribution >= 0.6 is 23.2 Å². The Morgan fingerprint density at radius 3 is 1.86 bits per heavy atom. The summed E-state index contributed by atoms with van der Waals surface area (Å²) in [4.78, 5) is 103. The van der Waals surface area contributed by atoms with E-state index in [1.54, 1.807) is 0 Å². The number of hydrogen-bond acceptors (Lipinski definition) is 18. The minimum Gasteiger partial charge on any atom is -0.508 e. The number of halogens is 2. The highest BCUT2D eigenvalue weighted by Crippen LogP contribution is 2.48. The van der Waals surface area contributed by atoms with Crippen molar-refractivity contribution in [2.24, 2.45) is 0 Å². The summed E-state index contributed by atoms with van der Waals surface area (Å²) in [5.74, 6) is -14.6. The summed E-state index contributed by atoms with van der Waals surface area (Å²) in [5, 5.41) is 108. The molecule has 0 saturated carbocycles. The minimum atomic E-state index is -2.19. The highest BCUT2D eigenvalue weighted by atomic mass is 35.5. The van der Waals surface area contributed by atoms with Crippen molar-refractivity contribution in [1.82, 2.24) is 37.2 Å². The lowest BCUT2D eigenvalue weighted by molar-refractivity contribution is -0.143. The van der Waals surface area contributed by atoms with E-state index in [9.17, 15) is 60.0 Å². The quantitative estimate of drug-likeness (QED) is 0.105. The normalized spacial score (nSPS) is 21.9. The second kappa shape index (κ2) is 22.6. The van der Waals surface area contributed by atoms with Crippen molar-refractivity contribution in [2.45, 2.75) is 54.8 Å². The molecule has 0 aromatic heterocycles. The lowest BCUT2D eigenvalue weighted by Gasteiger charge is -2.31. The Bertz CT molecular complexity index is 4040. The molecule has 6 amide bonds. The van der Waals surface area contributed by atoms with E-state index in [4.69, 9.17) is 37.4 Å². The van der Waals surface area contributed by atoms with E-state index in [1.807, 2.05) is 0 Å². The highest BCUT2D eigenvalue weighted by Gasteiger charge is 2.41. The third kappa shape index (κ3) is 10.9. The zero-order chi connectivity index (χ0) is 61.2. The van der Waals surface area contributed by atoms with Gasteiger partial charge < -0.3 is 92.3 Å². The monoisotopic (exact) mass is 1210 g/mol. The molecule has 8 atom stereocenters. The Morgan fingerprint density at radius 2 is 1.15 bits per heavy atom. The fourth-order valence-electron chi connectivity index (χ4n) is 10.5. The first-order valence-electron chi connectivity index (χ1n) is 26.0. The minimum absolute atomic E-state index is 0.0430. The third-order valence-electron chi connectivity index (χ3n) is 14.7. The molecule has 0 spiro atoms. The van der Waals surface area contributed by atoms with Gasteiger partial charge >= 0.3 is 5.97 Å². The Morgan fingerprint density at radius 1 is 0.523 bits per heavy atom. The number of aliphatic hydroxyl groups is 1. The predicted molar refractivity (Wildman–Crippen MR) is 300 cm³/mol. The van der Waals surface area contributed by atoms with Crippen LogP contribution < -0.4 is 51.4 Å². The largest absolute Gasteiger partial charge is 0.508 e. The van der Waals surface area contributed by atoms with E-state index >= 15 is 14.4 Å². The van der Waals surface area contributed by atoms with Crippen LogP contribution in [0.25, 0.3) is 11.1 Å². The van der Waals surface area contributed by atoms with Crippen LogP contribution in [0.3, 0.4) is 0 Å². The Kier molecular flexibility index (Phi) is 15.1. The first-order valence-corrected chi connectivity index (χ1v) is 26.7. The van der Waals surface area contributed by atoms with Crippen LogP contribution in [0.5, 0.6) is 69.0 Å². The molecule has 0 saturated heterocycles. The zero-order valence-corrected chi connectivity index (χ0v) is 45.7. The number of carboxylic acids is 1. The number of rotatable bonds is 2. The molecule has 17 bridgehead atoms. The number of phenolic OH excluding ortho intramolecular Hbond substituents is 6. The maximum atomic E-state index is 15.7. The van der Waals surface area contributed by atoms with E-state index in [-0.39, 0.29) is 56.7 Å².